The summed E-state index contributed by atoms with van der Waals surface area (Å²) in [4.78, 5) is 4.06. The second-order valence-electron chi connectivity index (χ2n) is 5.55. The fourth-order valence-corrected chi connectivity index (χ4v) is 3.76. The zero-order chi connectivity index (χ0) is 13.9. The minimum atomic E-state index is 0. The van der Waals surface area contributed by atoms with Gasteiger partial charge in [0.05, 0.1) is 6.04 Å². The average Bonchev–Trinajstić information content (AvgIpc) is 2.98. The molecule has 0 spiro atoms. The number of nitrogens with one attached hydrogen (secondary N) is 1. The zero-order valence-electron chi connectivity index (χ0n) is 13.0. The lowest BCUT2D eigenvalue weighted by atomic mass is 9.98. The van der Waals surface area contributed by atoms with Gasteiger partial charge in [-0.3, -0.25) is 4.90 Å². The fraction of sp³-hybridized carbons (Fsp3) is 0.412. The van der Waals surface area contributed by atoms with Gasteiger partial charge in [-0.25, -0.2) is 0 Å². The van der Waals surface area contributed by atoms with Crippen LogP contribution in [0.4, 0.5) is 0 Å². The number of aryl methyl sites for hydroxylation is 2. The van der Waals surface area contributed by atoms with Crippen molar-refractivity contribution >= 4 is 36.2 Å². The number of nitrogens with zero attached hydrogens (tertiary/aromatic N) is 1. The summed E-state index contributed by atoms with van der Waals surface area (Å²) in [5, 5.41) is 5.63. The Hall–Kier alpha value is -0.580. The van der Waals surface area contributed by atoms with E-state index in [0.717, 1.165) is 26.2 Å². The summed E-state index contributed by atoms with van der Waals surface area (Å²) in [5.41, 5.74) is 4.19. The van der Waals surface area contributed by atoms with Crippen LogP contribution in [0.3, 0.4) is 0 Å². The molecule has 1 aliphatic heterocycles. The predicted octanol–water partition coefficient (Wildman–Crippen LogP) is 4.20. The van der Waals surface area contributed by atoms with Gasteiger partial charge in [0.15, 0.2) is 0 Å². The van der Waals surface area contributed by atoms with Gasteiger partial charge in [-0.1, -0.05) is 24.3 Å². The van der Waals surface area contributed by atoms with Crippen LogP contribution >= 0.6 is 36.2 Å². The minimum absolute atomic E-state index is 0. The first-order valence-corrected chi connectivity index (χ1v) is 8.19. The lowest BCUT2D eigenvalue weighted by Gasteiger charge is -2.35. The normalized spacial score (nSPS) is 16.5. The van der Waals surface area contributed by atoms with E-state index in [1.807, 2.05) is 11.3 Å². The molecule has 1 atom stereocenters. The molecular weight excluding hydrogens is 335 g/mol. The first kappa shape index (κ1) is 19.5. The molecule has 2 nitrogen and oxygen atoms in total. The molecule has 0 saturated carbocycles. The SMILES string of the molecule is Cc1ccc([C@H](c2cccs2)N2CCNCC2)cc1C.Cl.Cl. The molecule has 22 heavy (non-hydrogen) atoms. The lowest BCUT2D eigenvalue weighted by Crippen LogP contribution is -2.45. The zero-order valence-corrected chi connectivity index (χ0v) is 15.5. The number of piperazine rings is 1. The molecule has 2 heterocycles. The monoisotopic (exact) mass is 358 g/mol. The Morgan fingerprint density at radius 2 is 1.77 bits per heavy atom. The van der Waals surface area contributed by atoms with Gasteiger partial charge in [0.1, 0.15) is 0 Å². The number of hydrogen-bond acceptors (Lipinski definition) is 3. The van der Waals surface area contributed by atoms with Gasteiger partial charge in [-0.15, -0.1) is 36.2 Å². The molecule has 1 aromatic heterocycles. The van der Waals surface area contributed by atoms with Crippen molar-refractivity contribution < 1.29 is 0 Å². The highest BCUT2D eigenvalue weighted by atomic mass is 35.5. The maximum absolute atomic E-state index is 3.45. The Bertz CT molecular complexity index is 566. The summed E-state index contributed by atoms with van der Waals surface area (Å²) in [7, 11) is 0. The summed E-state index contributed by atoms with van der Waals surface area (Å²) >= 11 is 1.87. The van der Waals surface area contributed by atoms with Crippen LogP contribution in [0.25, 0.3) is 0 Å². The van der Waals surface area contributed by atoms with Crippen molar-refractivity contribution in [2.45, 2.75) is 19.9 Å². The van der Waals surface area contributed by atoms with E-state index >= 15 is 0 Å². The van der Waals surface area contributed by atoms with E-state index in [2.05, 4.69) is 59.8 Å². The standard InChI is InChI=1S/C17H22N2S.2ClH/c1-13-5-6-15(12-14(13)2)17(16-4-3-11-20-16)19-9-7-18-8-10-19;;/h3-6,11-12,17-18H,7-10H2,1-2H3;2*1H/t17-;;/m1../s1. The van der Waals surface area contributed by atoms with Crippen LogP contribution in [0.2, 0.25) is 0 Å². The Balaban J connectivity index is 0.00000121. The van der Waals surface area contributed by atoms with Crippen LogP contribution in [-0.4, -0.2) is 31.1 Å². The van der Waals surface area contributed by atoms with Crippen molar-refractivity contribution in [3.05, 3.63) is 57.3 Å². The molecule has 0 amide bonds. The third-order valence-electron chi connectivity index (χ3n) is 4.18. The van der Waals surface area contributed by atoms with Gasteiger partial charge in [0, 0.05) is 31.1 Å². The van der Waals surface area contributed by atoms with Crippen LogP contribution in [0.15, 0.2) is 35.7 Å². The van der Waals surface area contributed by atoms with Gasteiger partial charge >= 0.3 is 0 Å². The molecule has 1 aliphatic rings. The van der Waals surface area contributed by atoms with Crippen molar-refractivity contribution in [3.63, 3.8) is 0 Å². The highest BCUT2D eigenvalue weighted by Gasteiger charge is 2.24. The Morgan fingerprint density at radius 1 is 1.05 bits per heavy atom. The quantitative estimate of drug-likeness (QED) is 0.884. The summed E-state index contributed by atoms with van der Waals surface area (Å²) < 4.78 is 0. The molecule has 1 fully saturated rings. The Labute approximate surface area is 149 Å². The van der Waals surface area contributed by atoms with Gasteiger partial charge in [0.2, 0.25) is 0 Å². The average molecular weight is 359 g/mol. The van der Waals surface area contributed by atoms with Crippen molar-refractivity contribution in [2.24, 2.45) is 0 Å². The summed E-state index contributed by atoms with van der Waals surface area (Å²) in [6, 6.07) is 11.8. The number of halogens is 2. The van der Waals surface area contributed by atoms with Gasteiger partial charge in [-0.05, 0) is 42.0 Å². The van der Waals surface area contributed by atoms with Crippen LogP contribution in [0.5, 0.6) is 0 Å². The third-order valence-corrected chi connectivity index (χ3v) is 5.10. The number of benzene rings is 1. The van der Waals surface area contributed by atoms with Crippen LogP contribution in [-0.2, 0) is 0 Å². The molecule has 0 radical (unpaired) electrons. The van der Waals surface area contributed by atoms with Crippen LogP contribution < -0.4 is 5.32 Å². The van der Waals surface area contributed by atoms with Crippen molar-refractivity contribution in [2.75, 3.05) is 26.2 Å². The molecule has 1 saturated heterocycles. The molecule has 122 valence electrons. The Kier molecular flexibility index (Phi) is 7.87. The molecule has 2 aromatic rings. The van der Waals surface area contributed by atoms with Crippen LogP contribution in [0, 0.1) is 13.8 Å². The molecule has 5 heteroatoms. The van der Waals surface area contributed by atoms with E-state index in [1.165, 1.54) is 21.6 Å². The highest BCUT2D eigenvalue weighted by Crippen LogP contribution is 2.32. The van der Waals surface area contributed by atoms with Gasteiger partial charge < -0.3 is 5.32 Å². The van der Waals surface area contributed by atoms with Crippen molar-refractivity contribution in [1.29, 1.82) is 0 Å². The van der Waals surface area contributed by atoms with E-state index in [-0.39, 0.29) is 24.8 Å². The first-order chi connectivity index (χ1) is 9.75. The lowest BCUT2D eigenvalue weighted by molar-refractivity contribution is 0.200. The van der Waals surface area contributed by atoms with E-state index < -0.39 is 0 Å². The number of thiophene rings is 1. The molecule has 0 aliphatic carbocycles. The number of rotatable bonds is 3. The van der Waals surface area contributed by atoms with E-state index in [0.29, 0.717) is 6.04 Å². The largest absolute Gasteiger partial charge is 0.314 e. The molecule has 0 unspecified atom stereocenters. The minimum Gasteiger partial charge on any atom is -0.314 e. The molecule has 1 N–H and O–H groups in total. The van der Waals surface area contributed by atoms with Gasteiger partial charge in [0.25, 0.3) is 0 Å². The fourth-order valence-electron chi connectivity index (χ4n) is 2.88. The van der Waals surface area contributed by atoms with E-state index in [1.54, 1.807) is 0 Å². The van der Waals surface area contributed by atoms with Crippen molar-refractivity contribution in [3.8, 4) is 0 Å². The van der Waals surface area contributed by atoms with Crippen LogP contribution in [0.1, 0.15) is 27.6 Å². The topological polar surface area (TPSA) is 15.3 Å². The smallest absolute Gasteiger partial charge is 0.0697 e. The molecule has 0 bridgehead atoms. The molecular formula is C17H24Cl2N2S. The van der Waals surface area contributed by atoms with Crippen molar-refractivity contribution in [1.82, 2.24) is 10.2 Å². The molecule has 1 aromatic carbocycles. The summed E-state index contributed by atoms with van der Waals surface area (Å²) in [6.45, 7) is 8.82. The Morgan fingerprint density at radius 3 is 2.36 bits per heavy atom. The molecule has 3 rings (SSSR count). The predicted molar refractivity (Wildman–Crippen MR) is 101 cm³/mol. The van der Waals surface area contributed by atoms with E-state index in [4.69, 9.17) is 0 Å². The maximum Gasteiger partial charge on any atom is 0.0697 e. The summed E-state index contributed by atoms with van der Waals surface area (Å²) in [5.74, 6) is 0. The first-order valence-electron chi connectivity index (χ1n) is 7.31. The van der Waals surface area contributed by atoms with Gasteiger partial charge in [-0.2, -0.15) is 0 Å². The second kappa shape index (κ2) is 8.90. The third kappa shape index (κ3) is 4.24. The maximum atomic E-state index is 3.45. The number of hydrogen-bond donors (Lipinski definition) is 1. The second-order valence-corrected chi connectivity index (χ2v) is 6.53. The highest BCUT2D eigenvalue weighted by molar-refractivity contribution is 7.10. The van der Waals surface area contributed by atoms with E-state index in [9.17, 15) is 0 Å². The summed E-state index contributed by atoms with van der Waals surface area (Å²) in [6.07, 6.45) is 0.